The summed E-state index contributed by atoms with van der Waals surface area (Å²) in [4.78, 5) is 37.8. The molecule has 2 fully saturated rings. The Morgan fingerprint density at radius 1 is 1.44 bits per heavy atom. The third kappa shape index (κ3) is 3.82. The van der Waals surface area contributed by atoms with E-state index in [1.165, 1.54) is 4.90 Å². The zero-order valence-corrected chi connectivity index (χ0v) is 19.2. The van der Waals surface area contributed by atoms with Crippen LogP contribution in [0.1, 0.15) is 26.0 Å². The van der Waals surface area contributed by atoms with Crippen LogP contribution in [-0.2, 0) is 34.4 Å². The number of carbonyl (C=O) groups is 3. The van der Waals surface area contributed by atoms with Crippen LogP contribution in [0.4, 0.5) is 0 Å². The first-order chi connectivity index (χ1) is 15.1. The Bertz CT molecular complexity index is 989. The smallest absolute Gasteiger partial charge is 0.353 e. The van der Waals surface area contributed by atoms with Crippen molar-refractivity contribution in [3.8, 4) is 0 Å². The highest BCUT2D eigenvalue weighted by atomic mass is 32.2. The van der Waals surface area contributed by atoms with Gasteiger partial charge in [0, 0.05) is 41.1 Å². The highest BCUT2D eigenvalue weighted by molar-refractivity contribution is 8.03. The number of β-lactam (4-membered cyclic amide) rings is 1. The molecule has 4 heterocycles. The van der Waals surface area contributed by atoms with E-state index in [0.29, 0.717) is 0 Å². The lowest BCUT2D eigenvalue weighted by molar-refractivity contribution is -0.762. The molecule has 4 rings (SSSR count). The third-order valence-electron chi connectivity index (χ3n) is 6.80. The second kappa shape index (κ2) is 8.53. The van der Waals surface area contributed by atoms with Gasteiger partial charge >= 0.3 is 5.97 Å². The van der Waals surface area contributed by atoms with Crippen molar-refractivity contribution in [3.63, 3.8) is 0 Å². The molecule has 5 N–H and O–H groups in total. The van der Waals surface area contributed by atoms with Gasteiger partial charge in [-0.2, -0.15) is 4.68 Å². The molecular weight excluding hydrogens is 434 g/mol. The molecule has 0 saturated carbocycles. The van der Waals surface area contributed by atoms with E-state index in [1.807, 2.05) is 30.9 Å². The van der Waals surface area contributed by atoms with E-state index in [-0.39, 0.29) is 41.4 Å². The summed E-state index contributed by atoms with van der Waals surface area (Å²) in [7, 11) is 1.89. The number of nitrogens with one attached hydrogen (secondary N) is 1. The maximum absolute atomic E-state index is 12.5. The molecule has 1 aromatic heterocycles. The number of amides is 2. The van der Waals surface area contributed by atoms with Crippen LogP contribution in [0.25, 0.3) is 0 Å². The Morgan fingerprint density at radius 3 is 2.78 bits per heavy atom. The quantitative estimate of drug-likeness (QED) is 0.284. The fourth-order valence-electron chi connectivity index (χ4n) is 5.20. The minimum Gasteiger partial charge on any atom is -0.477 e. The number of fused-ring (bicyclic) bond motifs is 1. The minimum absolute atomic E-state index is 0.0766. The van der Waals surface area contributed by atoms with Gasteiger partial charge in [0.2, 0.25) is 12.5 Å². The van der Waals surface area contributed by atoms with Crippen LogP contribution in [0, 0.1) is 11.8 Å². The van der Waals surface area contributed by atoms with Crippen molar-refractivity contribution < 1.29 is 29.3 Å². The van der Waals surface area contributed by atoms with Crippen LogP contribution < -0.4 is 15.7 Å². The van der Waals surface area contributed by atoms with Crippen LogP contribution in [-0.4, -0.2) is 67.6 Å². The van der Waals surface area contributed by atoms with Crippen LogP contribution in [0.3, 0.4) is 0 Å². The topological polar surface area (TPSA) is 142 Å². The lowest BCUT2D eigenvalue weighted by atomic mass is 9.79. The maximum atomic E-state index is 12.5. The average molecular weight is 465 g/mol. The molecular formula is C21H30N5O5S+. The van der Waals surface area contributed by atoms with Gasteiger partial charge in [0.05, 0.1) is 30.8 Å². The second-order valence-electron chi connectivity index (χ2n) is 8.95. The molecule has 0 aromatic carbocycles. The van der Waals surface area contributed by atoms with Gasteiger partial charge in [-0.15, -0.1) is 16.4 Å². The van der Waals surface area contributed by atoms with Crippen molar-refractivity contribution >= 4 is 29.5 Å². The Balaban J connectivity index is 1.43. The molecule has 6 atom stereocenters. The van der Waals surface area contributed by atoms with Gasteiger partial charge in [-0.25, -0.2) is 4.79 Å². The predicted molar refractivity (Wildman–Crippen MR) is 116 cm³/mol. The summed E-state index contributed by atoms with van der Waals surface area (Å²) in [5.74, 6) is -2.46. The Kier molecular flexibility index (Phi) is 6.08. The summed E-state index contributed by atoms with van der Waals surface area (Å²) in [6, 6.07) is 1.91. The number of thioether (sulfide) groups is 1. The van der Waals surface area contributed by atoms with Crippen LogP contribution in [0.15, 0.2) is 22.9 Å². The van der Waals surface area contributed by atoms with Gasteiger partial charge in [-0.3, -0.25) is 9.59 Å². The highest BCUT2D eigenvalue weighted by Gasteiger charge is 2.60. The van der Waals surface area contributed by atoms with Gasteiger partial charge in [-0.05, 0) is 13.3 Å². The molecule has 10 nitrogen and oxygen atoms in total. The van der Waals surface area contributed by atoms with E-state index < -0.39 is 23.9 Å². The van der Waals surface area contributed by atoms with E-state index in [4.69, 9.17) is 5.73 Å². The number of aliphatic hydroxyl groups excluding tert-OH is 1. The molecule has 3 aliphatic heterocycles. The fourth-order valence-corrected chi connectivity index (χ4v) is 6.72. The molecule has 0 bridgehead atoms. The molecule has 0 unspecified atom stereocenters. The number of nitrogens with two attached hydrogens (primary N) is 1. The summed E-state index contributed by atoms with van der Waals surface area (Å²) in [5.41, 5.74) is 6.44. The van der Waals surface area contributed by atoms with Gasteiger partial charge in [0.15, 0.2) is 6.20 Å². The first-order valence-electron chi connectivity index (χ1n) is 10.8. The van der Waals surface area contributed by atoms with Gasteiger partial charge in [-0.1, -0.05) is 6.92 Å². The first kappa shape index (κ1) is 22.8. The van der Waals surface area contributed by atoms with E-state index in [2.05, 4.69) is 5.32 Å². The van der Waals surface area contributed by atoms with Gasteiger partial charge < -0.3 is 26.2 Å². The van der Waals surface area contributed by atoms with Gasteiger partial charge in [0.1, 0.15) is 5.70 Å². The number of hydrogen-bond donors (Lipinski definition) is 4. The monoisotopic (exact) mass is 464 g/mol. The van der Waals surface area contributed by atoms with Crippen LogP contribution >= 0.6 is 11.8 Å². The van der Waals surface area contributed by atoms with Gasteiger partial charge in [0.25, 0.3) is 5.91 Å². The van der Waals surface area contributed by atoms with E-state index >= 15 is 0 Å². The number of primary amides is 1. The molecule has 32 heavy (non-hydrogen) atoms. The molecule has 1 aromatic rings. The summed E-state index contributed by atoms with van der Waals surface area (Å²) >= 11 is 1.54. The Morgan fingerprint density at radius 2 is 2.16 bits per heavy atom. The normalized spacial score (nSPS) is 30.4. The standard InChI is InChI=1S/C21H29N5O5S/c1-10-17-16(11(2)27)20(29)26(17)18(21(30)31)19(10)32-14-7-12(23-8-14)6-13-4-5-25(24(13)3)9-15(22)28/h4-5,10-12,14,16-17,23,27H,6-9H2,1-3H3,(H2-,22,28,30,31)/p+1/t10-,11-,12-,14+,16-,17-/m1/s1. The number of aliphatic hydroxyl groups is 1. The number of carbonyl (C=O) groups excluding carboxylic acids is 2. The molecule has 2 amide bonds. The first-order valence-corrected chi connectivity index (χ1v) is 11.7. The average Bonchev–Trinajstić information content (AvgIpc) is 3.34. The lowest BCUT2D eigenvalue weighted by Gasteiger charge is -2.46. The third-order valence-corrected chi connectivity index (χ3v) is 8.31. The van der Waals surface area contributed by atoms with Crippen molar-refractivity contribution in [2.24, 2.45) is 24.6 Å². The number of rotatable bonds is 8. The predicted octanol–water partition coefficient (Wildman–Crippen LogP) is -1.04. The zero-order chi connectivity index (χ0) is 23.3. The number of hydrogen-bond acceptors (Lipinski definition) is 6. The summed E-state index contributed by atoms with van der Waals surface area (Å²) < 4.78 is 3.69. The Labute approximate surface area is 190 Å². The fraction of sp³-hybridized carbons (Fsp3) is 0.619. The Hall–Kier alpha value is -2.37. The highest BCUT2D eigenvalue weighted by Crippen LogP contribution is 2.51. The van der Waals surface area contributed by atoms with E-state index in [1.54, 1.807) is 23.4 Å². The number of carboxylic acids is 1. The number of aliphatic carboxylic acids is 1. The van der Waals surface area contributed by atoms with Crippen molar-refractivity contribution in [3.05, 3.63) is 28.6 Å². The molecule has 3 aliphatic rings. The molecule has 11 heteroatoms. The number of carboxylic acid groups (broad SMARTS) is 1. The molecule has 0 radical (unpaired) electrons. The van der Waals surface area contributed by atoms with E-state index in [9.17, 15) is 24.6 Å². The summed E-state index contributed by atoms with van der Waals surface area (Å²) in [6.45, 7) is 4.39. The van der Waals surface area contributed by atoms with Crippen molar-refractivity contribution in [1.82, 2.24) is 14.9 Å². The SMILES string of the molecule is C[C@@H](O)[C@H]1C(=O)N2C(C(=O)O)=C(S[C@@H]3CN[C@H](Cc4cc[n+](CC(N)=O)n4C)C3)[C@H](C)[C@H]12. The molecule has 174 valence electrons. The zero-order valence-electron chi connectivity index (χ0n) is 18.4. The van der Waals surface area contributed by atoms with Crippen molar-refractivity contribution in [2.75, 3.05) is 6.54 Å². The maximum Gasteiger partial charge on any atom is 0.353 e. The molecule has 0 aliphatic carbocycles. The summed E-state index contributed by atoms with van der Waals surface area (Å²) in [6.07, 6.45) is 2.67. The van der Waals surface area contributed by atoms with E-state index in [0.717, 1.165) is 30.0 Å². The summed E-state index contributed by atoms with van der Waals surface area (Å²) in [5, 5.41) is 23.5. The molecule has 0 spiro atoms. The van der Waals surface area contributed by atoms with Crippen molar-refractivity contribution in [2.45, 2.75) is 56.7 Å². The minimum atomic E-state index is -1.09. The van der Waals surface area contributed by atoms with Crippen molar-refractivity contribution in [1.29, 1.82) is 0 Å². The largest absolute Gasteiger partial charge is 0.477 e. The number of nitrogens with zero attached hydrogens (tertiary/aromatic N) is 3. The number of aromatic nitrogens is 2. The van der Waals surface area contributed by atoms with Crippen LogP contribution in [0.5, 0.6) is 0 Å². The second-order valence-corrected chi connectivity index (χ2v) is 10.3. The van der Waals surface area contributed by atoms with Crippen LogP contribution in [0.2, 0.25) is 0 Å². The lowest BCUT2D eigenvalue weighted by Crippen LogP contribution is -2.63. The molecule has 2 saturated heterocycles.